The first-order valence-corrected chi connectivity index (χ1v) is 9.71. The molecule has 6 nitrogen and oxygen atoms in total. The highest BCUT2D eigenvalue weighted by atomic mass is 127. The third-order valence-electron chi connectivity index (χ3n) is 4.13. The minimum atomic E-state index is 0. The molecule has 0 spiro atoms. The van der Waals surface area contributed by atoms with Crippen LogP contribution in [0.15, 0.2) is 23.3 Å². The van der Waals surface area contributed by atoms with Crippen molar-refractivity contribution in [3.63, 3.8) is 0 Å². The summed E-state index contributed by atoms with van der Waals surface area (Å²) in [6, 6.07) is 4.18. The molecule has 3 rings (SSSR count). The predicted molar refractivity (Wildman–Crippen MR) is 121 cm³/mol. The minimum Gasteiger partial charge on any atom is -0.494 e. The fourth-order valence-electron chi connectivity index (χ4n) is 2.95. The number of aryl methyl sites for hydroxylation is 1. The second-order valence-corrected chi connectivity index (χ2v) is 7.60. The average Bonchev–Trinajstić information content (AvgIpc) is 3.19. The van der Waals surface area contributed by atoms with Crippen molar-refractivity contribution < 1.29 is 9.47 Å². The molecule has 8 heteroatoms. The molecule has 0 fully saturated rings. The summed E-state index contributed by atoms with van der Waals surface area (Å²) in [4.78, 5) is 9.85. The number of benzene rings is 1. The van der Waals surface area contributed by atoms with E-state index in [2.05, 4.69) is 46.6 Å². The Bertz CT molecular complexity index is 794. The molecule has 2 heterocycles. The number of guanidine groups is 1. The lowest BCUT2D eigenvalue weighted by Crippen LogP contribution is -2.36. The molecule has 0 amide bonds. The van der Waals surface area contributed by atoms with Crippen LogP contribution in [0.2, 0.25) is 0 Å². The molecular formula is C19H27IN4O2S. The molecule has 2 aromatic rings. The molecule has 0 aliphatic carbocycles. The van der Waals surface area contributed by atoms with Gasteiger partial charge in [0, 0.05) is 42.2 Å². The average molecular weight is 502 g/mol. The zero-order valence-corrected chi connectivity index (χ0v) is 19.3. The van der Waals surface area contributed by atoms with Crippen molar-refractivity contribution in [1.29, 1.82) is 0 Å². The number of fused-ring (bicyclic) bond motifs is 1. The standard InChI is InChI=1S/C19H26N4O2S.HI/c1-5-24-16-7-14-6-12(2)25-17(14)8-15(16)10-22-19(20-4)23-11-18-21-9-13(3)26-18;/h7-9,12H,5-6,10-11H2,1-4H3,(H2,20,22,23);1H. The van der Waals surface area contributed by atoms with Crippen molar-refractivity contribution in [3.8, 4) is 11.5 Å². The number of aliphatic imine (C=N–C) groups is 1. The largest absolute Gasteiger partial charge is 0.494 e. The predicted octanol–water partition coefficient (Wildman–Crippen LogP) is 3.66. The Morgan fingerprint density at radius 2 is 2.15 bits per heavy atom. The second kappa shape index (κ2) is 10.1. The van der Waals surface area contributed by atoms with Crippen LogP contribution in [-0.4, -0.2) is 30.7 Å². The maximum Gasteiger partial charge on any atom is 0.191 e. The highest BCUT2D eigenvalue weighted by Crippen LogP contribution is 2.35. The van der Waals surface area contributed by atoms with E-state index in [0.29, 0.717) is 19.7 Å². The summed E-state index contributed by atoms with van der Waals surface area (Å²) in [5.41, 5.74) is 2.28. The Morgan fingerprint density at radius 1 is 1.37 bits per heavy atom. The zero-order valence-electron chi connectivity index (χ0n) is 16.2. The van der Waals surface area contributed by atoms with Crippen molar-refractivity contribution >= 4 is 41.3 Å². The Balaban J connectivity index is 0.00000261. The van der Waals surface area contributed by atoms with Crippen LogP contribution in [0.3, 0.4) is 0 Å². The number of nitrogens with one attached hydrogen (secondary N) is 2. The van der Waals surface area contributed by atoms with Gasteiger partial charge in [-0.05, 0) is 32.9 Å². The van der Waals surface area contributed by atoms with Gasteiger partial charge < -0.3 is 20.1 Å². The number of hydrogen-bond acceptors (Lipinski definition) is 5. The molecule has 1 atom stereocenters. The van der Waals surface area contributed by atoms with Crippen LogP contribution >= 0.6 is 35.3 Å². The monoisotopic (exact) mass is 502 g/mol. The van der Waals surface area contributed by atoms with Gasteiger partial charge in [0.1, 0.15) is 22.6 Å². The van der Waals surface area contributed by atoms with E-state index in [9.17, 15) is 0 Å². The number of nitrogens with zero attached hydrogens (tertiary/aromatic N) is 2. The van der Waals surface area contributed by atoms with Gasteiger partial charge in [0.15, 0.2) is 5.96 Å². The Morgan fingerprint density at radius 3 is 2.81 bits per heavy atom. The lowest BCUT2D eigenvalue weighted by atomic mass is 10.1. The summed E-state index contributed by atoms with van der Waals surface area (Å²) < 4.78 is 11.7. The molecule has 148 valence electrons. The van der Waals surface area contributed by atoms with E-state index < -0.39 is 0 Å². The van der Waals surface area contributed by atoms with E-state index in [1.165, 1.54) is 10.4 Å². The number of halogens is 1. The fourth-order valence-corrected chi connectivity index (χ4v) is 3.68. The van der Waals surface area contributed by atoms with Gasteiger partial charge in [0.2, 0.25) is 0 Å². The molecule has 1 aliphatic rings. The third kappa shape index (κ3) is 5.71. The SMILES string of the molecule is CCOc1cc2c(cc1CNC(=NC)NCc1ncc(C)s1)OC(C)C2.I. The Kier molecular flexibility index (Phi) is 8.15. The fraction of sp³-hybridized carbons (Fsp3) is 0.474. The quantitative estimate of drug-likeness (QED) is 0.359. The first-order valence-electron chi connectivity index (χ1n) is 8.90. The van der Waals surface area contributed by atoms with Crippen LogP contribution in [0.1, 0.15) is 34.9 Å². The zero-order chi connectivity index (χ0) is 18.5. The van der Waals surface area contributed by atoms with Crippen LogP contribution in [-0.2, 0) is 19.5 Å². The van der Waals surface area contributed by atoms with E-state index in [4.69, 9.17) is 9.47 Å². The molecule has 1 unspecified atom stereocenters. The summed E-state index contributed by atoms with van der Waals surface area (Å²) in [6.45, 7) is 8.04. The van der Waals surface area contributed by atoms with Gasteiger partial charge in [0.05, 0.1) is 13.2 Å². The molecule has 0 bridgehead atoms. The molecule has 0 saturated heterocycles. The van der Waals surface area contributed by atoms with Gasteiger partial charge in [-0.15, -0.1) is 35.3 Å². The molecular weight excluding hydrogens is 475 g/mol. The minimum absolute atomic E-state index is 0. The van der Waals surface area contributed by atoms with E-state index in [0.717, 1.165) is 34.5 Å². The summed E-state index contributed by atoms with van der Waals surface area (Å²) >= 11 is 1.68. The van der Waals surface area contributed by atoms with Gasteiger partial charge in [-0.3, -0.25) is 4.99 Å². The van der Waals surface area contributed by atoms with E-state index in [1.807, 2.05) is 13.1 Å². The molecule has 1 aromatic carbocycles. The Hall–Kier alpha value is -1.55. The highest BCUT2D eigenvalue weighted by molar-refractivity contribution is 14.0. The molecule has 1 aliphatic heterocycles. The van der Waals surface area contributed by atoms with Crippen molar-refractivity contribution in [3.05, 3.63) is 39.3 Å². The molecule has 27 heavy (non-hydrogen) atoms. The van der Waals surface area contributed by atoms with Crippen LogP contribution in [0.5, 0.6) is 11.5 Å². The molecule has 2 N–H and O–H groups in total. The number of thiazole rings is 1. The van der Waals surface area contributed by atoms with Crippen LogP contribution < -0.4 is 20.1 Å². The lowest BCUT2D eigenvalue weighted by molar-refractivity contribution is 0.254. The first-order chi connectivity index (χ1) is 12.6. The van der Waals surface area contributed by atoms with Crippen LogP contribution in [0.25, 0.3) is 0 Å². The van der Waals surface area contributed by atoms with Crippen molar-refractivity contribution in [2.75, 3.05) is 13.7 Å². The topological polar surface area (TPSA) is 67.8 Å². The van der Waals surface area contributed by atoms with Crippen LogP contribution in [0.4, 0.5) is 0 Å². The summed E-state index contributed by atoms with van der Waals surface area (Å²) in [6.07, 6.45) is 3.04. The van der Waals surface area contributed by atoms with Crippen LogP contribution in [0, 0.1) is 6.92 Å². The molecule has 1 aromatic heterocycles. The van der Waals surface area contributed by atoms with Crippen molar-refractivity contribution in [2.24, 2.45) is 4.99 Å². The molecule has 0 saturated carbocycles. The van der Waals surface area contributed by atoms with E-state index in [1.54, 1.807) is 18.4 Å². The number of aromatic nitrogens is 1. The van der Waals surface area contributed by atoms with Crippen molar-refractivity contribution in [1.82, 2.24) is 15.6 Å². The number of ether oxygens (including phenoxy) is 2. The van der Waals surface area contributed by atoms with Crippen molar-refractivity contribution in [2.45, 2.75) is 46.4 Å². The van der Waals surface area contributed by atoms with Gasteiger partial charge in [-0.1, -0.05) is 0 Å². The first kappa shape index (κ1) is 21.7. The highest BCUT2D eigenvalue weighted by Gasteiger charge is 2.21. The number of rotatable bonds is 6. The van der Waals surface area contributed by atoms with E-state index in [-0.39, 0.29) is 30.1 Å². The maximum absolute atomic E-state index is 5.89. The Labute approximate surface area is 181 Å². The third-order valence-corrected chi connectivity index (χ3v) is 5.04. The molecule has 0 radical (unpaired) electrons. The van der Waals surface area contributed by atoms with Gasteiger partial charge >= 0.3 is 0 Å². The number of hydrogen-bond donors (Lipinski definition) is 2. The van der Waals surface area contributed by atoms with E-state index >= 15 is 0 Å². The lowest BCUT2D eigenvalue weighted by Gasteiger charge is -2.15. The smallest absolute Gasteiger partial charge is 0.191 e. The van der Waals surface area contributed by atoms with Gasteiger partial charge in [-0.2, -0.15) is 0 Å². The summed E-state index contributed by atoms with van der Waals surface area (Å²) in [7, 11) is 1.76. The van der Waals surface area contributed by atoms with Gasteiger partial charge in [-0.25, -0.2) is 4.98 Å². The summed E-state index contributed by atoms with van der Waals surface area (Å²) in [5.74, 6) is 2.59. The normalized spacial score (nSPS) is 15.6. The van der Waals surface area contributed by atoms with Gasteiger partial charge in [0.25, 0.3) is 0 Å². The maximum atomic E-state index is 5.89. The summed E-state index contributed by atoms with van der Waals surface area (Å²) in [5, 5.41) is 7.68. The second-order valence-electron chi connectivity index (χ2n) is 6.28.